The number of hydrogen-bond donors (Lipinski definition) is 0. The van der Waals surface area contributed by atoms with Gasteiger partial charge < -0.3 is 0 Å². The predicted molar refractivity (Wildman–Crippen MR) is 42.2 cm³/mol. The van der Waals surface area contributed by atoms with E-state index in [0.717, 1.165) is 11.2 Å². The van der Waals surface area contributed by atoms with Crippen LogP contribution < -0.4 is 21.2 Å². The summed E-state index contributed by atoms with van der Waals surface area (Å²) >= 11 is 0.333. The molecular formula is C8H17INO-. The first-order valence-electron chi connectivity index (χ1n) is 4.27. The first-order chi connectivity index (χ1) is 5.43. The van der Waals surface area contributed by atoms with Crippen LogP contribution in [0.5, 0.6) is 0 Å². The van der Waals surface area contributed by atoms with Crippen molar-refractivity contribution in [3.63, 3.8) is 0 Å². The van der Waals surface area contributed by atoms with E-state index in [1.165, 1.54) is 30.5 Å². The Morgan fingerprint density at radius 1 is 1.55 bits per heavy atom. The number of halogens is 1. The van der Waals surface area contributed by atoms with E-state index in [2.05, 4.69) is 11.8 Å². The van der Waals surface area contributed by atoms with Crippen LogP contribution in [0.15, 0.2) is 0 Å². The fourth-order valence-electron chi connectivity index (χ4n) is 1.07. The molecule has 0 unspecified atom stereocenters. The molecule has 0 radical (unpaired) electrons. The average Bonchev–Trinajstić information content (AvgIpc) is 2.28. The molecule has 0 saturated carbocycles. The Labute approximate surface area is 79.5 Å². The molecule has 0 amide bonds. The van der Waals surface area contributed by atoms with Gasteiger partial charge in [-0.1, -0.05) is 0 Å². The second kappa shape index (κ2) is 6.20. The third-order valence-electron chi connectivity index (χ3n) is 1.79. The molecule has 1 heterocycles. The van der Waals surface area contributed by atoms with Crippen molar-refractivity contribution in [2.75, 3.05) is 28.9 Å². The first-order valence-corrected chi connectivity index (χ1v) is 7.32. The van der Waals surface area contributed by atoms with Crippen LogP contribution in [0.4, 0.5) is 0 Å². The molecule has 3 heteroatoms. The summed E-state index contributed by atoms with van der Waals surface area (Å²) in [6, 6.07) is 0. The molecule has 68 valence electrons. The van der Waals surface area contributed by atoms with Gasteiger partial charge in [0.25, 0.3) is 0 Å². The monoisotopic (exact) mass is 270 g/mol. The zero-order valence-corrected chi connectivity index (χ0v) is 9.34. The van der Waals surface area contributed by atoms with Crippen molar-refractivity contribution in [2.24, 2.45) is 0 Å². The maximum absolute atomic E-state index is 5.41. The summed E-state index contributed by atoms with van der Waals surface area (Å²) in [6.07, 6.45) is 2.67. The van der Waals surface area contributed by atoms with Gasteiger partial charge in [-0.25, -0.2) is 0 Å². The van der Waals surface area contributed by atoms with E-state index >= 15 is 0 Å². The van der Waals surface area contributed by atoms with Gasteiger partial charge in [-0.3, -0.25) is 0 Å². The van der Waals surface area contributed by atoms with Gasteiger partial charge in [-0.05, 0) is 0 Å². The van der Waals surface area contributed by atoms with Crippen LogP contribution in [0.25, 0.3) is 0 Å². The Morgan fingerprint density at radius 3 is 3.27 bits per heavy atom. The van der Waals surface area contributed by atoms with E-state index in [0.29, 0.717) is 21.2 Å². The quantitative estimate of drug-likeness (QED) is 0.338. The van der Waals surface area contributed by atoms with Gasteiger partial charge in [-0.15, -0.1) is 0 Å². The molecule has 0 bridgehead atoms. The molecule has 0 aromatic carbocycles. The summed E-state index contributed by atoms with van der Waals surface area (Å²) in [4.78, 5) is 2.56. The van der Waals surface area contributed by atoms with Crippen LogP contribution >= 0.6 is 0 Å². The molecule has 1 fully saturated rings. The number of hydrogen-bond acceptors (Lipinski definition) is 2. The second-order valence-electron chi connectivity index (χ2n) is 2.80. The van der Waals surface area contributed by atoms with E-state index in [4.69, 9.17) is 4.74 Å². The Hall–Kier alpha value is 0.650. The Morgan fingerprint density at radius 2 is 2.45 bits per heavy atom. The van der Waals surface area contributed by atoms with Crippen LogP contribution in [0.3, 0.4) is 0 Å². The van der Waals surface area contributed by atoms with Crippen LogP contribution in [0.1, 0.15) is 19.8 Å². The third kappa shape index (κ3) is 4.28. The molecular weight excluding hydrogens is 253 g/mol. The molecule has 0 aromatic heterocycles. The van der Waals surface area contributed by atoms with Crippen LogP contribution in [0.2, 0.25) is 0 Å². The van der Waals surface area contributed by atoms with Crippen molar-refractivity contribution >= 4 is 0 Å². The van der Waals surface area contributed by atoms with Crippen LogP contribution in [-0.4, -0.2) is 33.8 Å². The summed E-state index contributed by atoms with van der Waals surface area (Å²) in [7, 11) is 0. The van der Waals surface area contributed by atoms with Gasteiger partial charge in [0.2, 0.25) is 0 Å². The normalized spacial score (nSPS) is 22.3. The number of nitrogens with zero attached hydrogens (tertiary/aromatic N) is 1. The fraction of sp³-hybridized carbons (Fsp3) is 1.00. The molecule has 0 aliphatic carbocycles. The van der Waals surface area contributed by atoms with Gasteiger partial charge in [0.1, 0.15) is 0 Å². The molecule has 1 aliphatic heterocycles. The molecule has 0 spiro atoms. The van der Waals surface area contributed by atoms with Crippen molar-refractivity contribution in [3.05, 3.63) is 0 Å². The Balaban J connectivity index is 2.09. The molecule has 0 N–H and O–H groups in total. The molecule has 1 saturated heterocycles. The predicted octanol–water partition coefficient (Wildman–Crippen LogP) is -1.88. The van der Waals surface area contributed by atoms with E-state index in [-0.39, 0.29) is 0 Å². The number of unbranched alkanes of at least 4 members (excludes halogenated alkanes) is 1. The van der Waals surface area contributed by atoms with Crippen molar-refractivity contribution in [3.8, 4) is 0 Å². The van der Waals surface area contributed by atoms with Crippen molar-refractivity contribution in [1.82, 2.24) is 4.90 Å². The zero-order valence-electron chi connectivity index (χ0n) is 7.18. The SMILES string of the molecule is CCCCN1CCOC[I-]C1. The van der Waals surface area contributed by atoms with E-state index in [9.17, 15) is 0 Å². The number of alkyl halides is 2. The maximum atomic E-state index is 5.41. The molecule has 2 nitrogen and oxygen atoms in total. The van der Waals surface area contributed by atoms with E-state index in [1.54, 1.807) is 0 Å². The summed E-state index contributed by atoms with van der Waals surface area (Å²) < 4.78 is 7.83. The zero-order chi connectivity index (χ0) is 7.94. The van der Waals surface area contributed by atoms with Gasteiger partial charge >= 0.3 is 79.5 Å². The molecule has 0 aromatic rings. The molecule has 11 heavy (non-hydrogen) atoms. The average molecular weight is 270 g/mol. The van der Waals surface area contributed by atoms with Crippen molar-refractivity contribution in [1.29, 1.82) is 0 Å². The van der Waals surface area contributed by atoms with Gasteiger partial charge in [0, 0.05) is 0 Å². The van der Waals surface area contributed by atoms with E-state index in [1.807, 2.05) is 0 Å². The second-order valence-corrected chi connectivity index (χ2v) is 5.18. The van der Waals surface area contributed by atoms with Gasteiger partial charge in [0.15, 0.2) is 0 Å². The summed E-state index contributed by atoms with van der Waals surface area (Å²) in [6.45, 7) is 5.67. The van der Waals surface area contributed by atoms with Crippen molar-refractivity contribution < 1.29 is 25.9 Å². The first kappa shape index (κ1) is 9.74. The van der Waals surface area contributed by atoms with Crippen LogP contribution in [0, 0.1) is 0 Å². The Bertz CT molecular complexity index is 92.1. The standard InChI is InChI=1S/C8H17INO/c1-2-3-4-10-5-6-11-8-9-7-10/h2-8H2,1H3/q-1. The van der Waals surface area contributed by atoms with Gasteiger partial charge in [0.05, 0.1) is 0 Å². The molecule has 1 rings (SSSR count). The van der Waals surface area contributed by atoms with Crippen LogP contribution in [-0.2, 0) is 4.74 Å². The van der Waals surface area contributed by atoms with E-state index < -0.39 is 0 Å². The van der Waals surface area contributed by atoms with Gasteiger partial charge in [-0.2, -0.15) is 0 Å². The topological polar surface area (TPSA) is 12.5 Å². The third-order valence-corrected chi connectivity index (χ3v) is 4.12. The summed E-state index contributed by atoms with van der Waals surface area (Å²) in [5, 5.41) is 0. The minimum absolute atomic E-state index is 0.333. The molecule has 0 atom stereocenters. The number of rotatable bonds is 3. The minimum atomic E-state index is 0.333. The summed E-state index contributed by atoms with van der Waals surface area (Å²) in [5.74, 6) is 0. The Kier molecular flexibility index (Phi) is 5.49. The number of ether oxygens (including phenoxy) is 1. The fourth-order valence-corrected chi connectivity index (χ4v) is 3.25. The summed E-state index contributed by atoms with van der Waals surface area (Å²) in [5.41, 5.74) is 0. The molecule has 1 aliphatic rings. The van der Waals surface area contributed by atoms with Crippen molar-refractivity contribution in [2.45, 2.75) is 19.8 Å².